The van der Waals surface area contributed by atoms with Crippen LogP contribution in [0.1, 0.15) is 18.5 Å². The highest BCUT2D eigenvalue weighted by Crippen LogP contribution is 2.16. The lowest BCUT2D eigenvalue weighted by Crippen LogP contribution is -2.26. The Labute approximate surface area is 96.7 Å². The van der Waals surface area contributed by atoms with Crippen molar-refractivity contribution in [2.24, 2.45) is 4.99 Å². The van der Waals surface area contributed by atoms with E-state index < -0.39 is 11.8 Å². The van der Waals surface area contributed by atoms with Crippen LogP contribution in [0, 0.1) is 5.82 Å². The Morgan fingerprint density at radius 3 is 2.18 bits per heavy atom. The molecule has 2 rings (SSSR count). The van der Waals surface area contributed by atoms with Crippen LogP contribution < -0.4 is 10.6 Å². The molecule has 0 saturated carbocycles. The van der Waals surface area contributed by atoms with Crippen LogP contribution in [0.25, 0.3) is 0 Å². The summed E-state index contributed by atoms with van der Waals surface area (Å²) in [4.78, 5) is 25.9. The molecule has 17 heavy (non-hydrogen) atoms. The molecule has 1 aliphatic rings. The molecule has 1 fully saturated rings. The van der Waals surface area contributed by atoms with Crippen molar-refractivity contribution in [1.82, 2.24) is 10.6 Å². The summed E-state index contributed by atoms with van der Waals surface area (Å²) < 4.78 is 12.7. The van der Waals surface area contributed by atoms with Crippen LogP contribution in [0.5, 0.6) is 0 Å². The van der Waals surface area contributed by atoms with Gasteiger partial charge in [-0.05, 0) is 24.6 Å². The van der Waals surface area contributed by atoms with Gasteiger partial charge in [-0.2, -0.15) is 0 Å². The summed E-state index contributed by atoms with van der Waals surface area (Å²) in [6.45, 7) is 1.77. The van der Waals surface area contributed by atoms with Gasteiger partial charge in [0.25, 0.3) is 0 Å². The summed E-state index contributed by atoms with van der Waals surface area (Å²) in [6, 6.07) is 5.57. The maximum atomic E-state index is 12.7. The zero-order chi connectivity index (χ0) is 12.4. The molecular formula is C11H10FN3O2. The van der Waals surface area contributed by atoms with E-state index in [0.29, 0.717) is 0 Å². The van der Waals surface area contributed by atoms with Crippen LogP contribution in [0.4, 0.5) is 4.39 Å². The molecular weight excluding hydrogens is 225 g/mol. The Balaban J connectivity index is 2.14. The van der Waals surface area contributed by atoms with Crippen molar-refractivity contribution in [3.05, 3.63) is 35.6 Å². The molecule has 1 atom stereocenters. The van der Waals surface area contributed by atoms with Crippen molar-refractivity contribution < 1.29 is 14.0 Å². The fourth-order valence-electron chi connectivity index (χ4n) is 1.43. The third kappa shape index (κ3) is 2.47. The predicted molar refractivity (Wildman–Crippen MR) is 58.5 cm³/mol. The molecule has 2 N–H and O–H groups in total. The van der Waals surface area contributed by atoms with Crippen LogP contribution in [-0.4, -0.2) is 17.8 Å². The number of hydrogen-bond acceptors (Lipinski definition) is 3. The number of guanidine groups is 1. The molecule has 1 saturated heterocycles. The normalized spacial score (nSPS) is 16.5. The van der Waals surface area contributed by atoms with E-state index >= 15 is 0 Å². The number of nitrogens with zero attached hydrogens (tertiary/aromatic N) is 1. The first kappa shape index (κ1) is 11.3. The monoisotopic (exact) mass is 235 g/mol. The van der Waals surface area contributed by atoms with Gasteiger partial charge in [-0.25, -0.2) is 9.38 Å². The van der Waals surface area contributed by atoms with E-state index in [0.717, 1.165) is 5.56 Å². The molecule has 1 heterocycles. The van der Waals surface area contributed by atoms with Crippen molar-refractivity contribution in [3.63, 3.8) is 0 Å². The van der Waals surface area contributed by atoms with Gasteiger partial charge in [0.2, 0.25) is 5.96 Å². The number of hydrogen-bond donors (Lipinski definition) is 2. The average molecular weight is 235 g/mol. The minimum absolute atomic E-state index is 0.122. The first-order valence-corrected chi connectivity index (χ1v) is 5.02. The van der Waals surface area contributed by atoms with Gasteiger partial charge in [-0.1, -0.05) is 12.1 Å². The summed E-state index contributed by atoms with van der Waals surface area (Å²) in [5.74, 6) is -1.65. The van der Waals surface area contributed by atoms with E-state index in [1.165, 1.54) is 12.1 Å². The van der Waals surface area contributed by atoms with Gasteiger partial charge in [0, 0.05) is 0 Å². The quantitative estimate of drug-likeness (QED) is 0.732. The molecule has 1 aliphatic heterocycles. The Bertz CT molecular complexity index is 478. The Morgan fingerprint density at radius 1 is 1.12 bits per heavy atom. The molecule has 6 heteroatoms. The minimum Gasteiger partial charge on any atom is -0.288 e. The fourth-order valence-corrected chi connectivity index (χ4v) is 1.43. The van der Waals surface area contributed by atoms with E-state index in [9.17, 15) is 14.0 Å². The van der Waals surface area contributed by atoms with Crippen LogP contribution in [0.15, 0.2) is 29.3 Å². The molecule has 0 spiro atoms. The number of carbonyl (C=O) groups excluding carboxylic acids is 2. The molecule has 88 valence electrons. The van der Waals surface area contributed by atoms with E-state index in [1.54, 1.807) is 19.1 Å². The van der Waals surface area contributed by atoms with Gasteiger partial charge in [0.1, 0.15) is 5.82 Å². The van der Waals surface area contributed by atoms with Crippen molar-refractivity contribution in [3.8, 4) is 0 Å². The number of rotatable bonds is 2. The Hall–Kier alpha value is -2.24. The van der Waals surface area contributed by atoms with Crippen molar-refractivity contribution in [1.29, 1.82) is 0 Å². The third-order valence-electron chi connectivity index (χ3n) is 2.35. The highest BCUT2D eigenvalue weighted by Gasteiger charge is 2.25. The average Bonchev–Trinajstić information content (AvgIpc) is 2.58. The predicted octanol–water partition coefficient (Wildman–Crippen LogP) is 0.489. The van der Waals surface area contributed by atoms with Gasteiger partial charge in [-0.3, -0.25) is 20.2 Å². The van der Waals surface area contributed by atoms with Gasteiger partial charge in [0.05, 0.1) is 6.04 Å². The van der Waals surface area contributed by atoms with Gasteiger partial charge < -0.3 is 0 Å². The molecule has 0 aliphatic carbocycles. The maximum Gasteiger partial charge on any atom is 0.316 e. The summed E-state index contributed by atoms with van der Waals surface area (Å²) in [5.41, 5.74) is 0.786. The standard InChI is InChI=1S/C11H10FN3O2/c1-6(7-2-4-8(12)5-3-7)13-11-14-9(16)10(17)15-11/h2-6H,1H3,(H2,13,14,15,16,17). The number of amides is 2. The highest BCUT2D eigenvalue weighted by molar-refractivity contribution is 6.45. The van der Waals surface area contributed by atoms with E-state index in [-0.39, 0.29) is 17.8 Å². The summed E-state index contributed by atoms with van der Waals surface area (Å²) in [7, 11) is 0. The first-order chi connectivity index (χ1) is 8.06. The lowest BCUT2D eigenvalue weighted by Gasteiger charge is -2.07. The van der Waals surface area contributed by atoms with Crippen LogP contribution >= 0.6 is 0 Å². The minimum atomic E-state index is -0.727. The highest BCUT2D eigenvalue weighted by atomic mass is 19.1. The van der Waals surface area contributed by atoms with Gasteiger partial charge >= 0.3 is 11.8 Å². The molecule has 2 amide bonds. The second-order valence-electron chi connectivity index (χ2n) is 3.61. The smallest absolute Gasteiger partial charge is 0.288 e. The van der Waals surface area contributed by atoms with Crippen molar-refractivity contribution in [2.45, 2.75) is 13.0 Å². The molecule has 1 aromatic rings. The lowest BCUT2D eigenvalue weighted by molar-refractivity contribution is -0.135. The number of aliphatic imine (C=N–C) groups is 1. The largest absolute Gasteiger partial charge is 0.316 e. The van der Waals surface area contributed by atoms with E-state index in [2.05, 4.69) is 15.6 Å². The van der Waals surface area contributed by atoms with Crippen molar-refractivity contribution in [2.75, 3.05) is 0 Å². The summed E-state index contributed by atoms with van der Waals surface area (Å²) in [6.07, 6.45) is 0. The molecule has 0 aromatic heterocycles. The summed E-state index contributed by atoms with van der Waals surface area (Å²) >= 11 is 0. The van der Waals surface area contributed by atoms with Gasteiger partial charge in [-0.15, -0.1) is 0 Å². The van der Waals surface area contributed by atoms with E-state index in [4.69, 9.17) is 0 Å². The van der Waals surface area contributed by atoms with Crippen LogP contribution in [-0.2, 0) is 9.59 Å². The molecule has 5 nitrogen and oxygen atoms in total. The molecule has 1 aromatic carbocycles. The second kappa shape index (κ2) is 4.32. The SMILES string of the molecule is CC(N=C1NC(=O)C(=O)N1)c1ccc(F)cc1. The maximum absolute atomic E-state index is 12.7. The zero-order valence-electron chi connectivity index (χ0n) is 9.03. The number of halogens is 1. The van der Waals surface area contributed by atoms with Crippen LogP contribution in [0.2, 0.25) is 0 Å². The Morgan fingerprint density at radius 2 is 1.65 bits per heavy atom. The molecule has 0 radical (unpaired) electrons. The van der Waals surface area contributed by atoms with Gasteiger partial charge in [0.15, 0.2) is 0 Å². The van der Waals surface area contributed by atoms with Crippen molar-refractivity contribution >= 4 is 17.8 Å². The second-order valence-corrected chi connectivity index (χ2v) is 3.61. The number of carbonyl (C=O) groups is 2. The number of nitrogens with one attached hydrogen (secondary N) is 2. The fraction of sp³-hybridized carbons (Fsp3) is 0.182. The zero-order valence-corrected chi connectivity index (χ0v) is 9.03. The number of benzene rings is 1. The summed E-state index contributed by atoms with van der Waals surface area (Å²) in [5, 5.41) is 4.58. The Kier molecular flexibility index (Phi) is 2.86. The molecule has 1 unspecified atom stereocenters. The van der Waals surface area contributed by atoms with Crippen LogP contribution in [0.3, 0.4) is 0 Å². The first-order valence-electron chi connectivity index (χ1n) is 5.02. The third-order valence-corrected chi connectivity index (χ3v) is 2.35. The van der Waals surface area contributed by atoms with E-state index in [1.807, 2.05) is 0 Å². The lowest BCUT2D eigenvalue weighted by atomic mass is 10.1. The topological polar surface area (TPSA) is 70.6 Å². The molecule has 0 bridgehead atoms.